The normalized spacial score (nSPS) is 15.4. The minimum absolute atomic E-state index is 0.471. The van der Waals surface area contributed by atoms with Crippen LogP contribution < -0.4 is 10.1 Å². The Morgan fingerprint density at radius 2 is 2.06 bits per heavy atom. The van der Waals surface area contributed by atoms with Gasteiger partial charge in [0.2, 0.25) is 0 Å². The first-order valence-electron chi connectivity index (χ1n) is 7.31. The topological polar surface area (TPSA) is 21.3 Å². The molecule has 1 aromatic rings. The maximum absolute atomic E-state index is 5.92. The maximum atomic E-state index is 5.92. The highest BCUT2D eigenvalue weighted by atomic mass is 16.5. The molecular weight excluding hydrogens is 222 g/mol. The summed E-state index contributed by atoms with van der Waals surface area (Å²) >= 11 is 0. The summed E-state index contributed by atoms with van der Waals surface area (Å²) in [6.07, 6.45) is 6.05. The predicted molar refractivity (Wildman–Crippen MR) is 76.3 cm³/mol. The van der Waals surface area contributed by atoms with E-state index in [9.17, 15) is 0 Å². The van der Waals surface area contributed by atoms with Gasteiger partial charge in [-0.3, -0.25) is 0 Å². The van der Waals surface area contributed by atoms with Gasteiger partial charge in [0.25, 0.3) is 0 Å². The van der Waals surface area contributed by atoms with Crippen LogP contribution in [0.1, 0.15) is 44.2 Å². The molecule has 1 aliphatic rings. The molecule has 0 radical (unpaired) electrons. The van der Waals surface area contributed by atoms with Crippen molar-refractivity contribution in [1.82, 2.24) is 5.32 Å². The third-order valence-electron chi connectivity index (χ3n) is 3.70. The fourth-order valence-corrected chi connectivity index (χ4v) is 2.50. The Hall–Kier alpha value is -1.02. The van der Waals surface area contributed by atoms with Gasteiger partial charge >= 0.3 is 0 Å². The fourth-order valence-electron chi connectivity index (χ4n) is 2.50. The van der Waals surface area contributed by atoms with Crippen molar-refractivity contribution in [3.05, 3.63) is 29.3 Å². The average molecular weight is 247 g/mol. The second kappa shape index (κ2) is 6.79. The molecule has 1 unspecified atom stereocenters. The molecular formula is C16H25NO. The lowest BCUT2D eigenvalue weighted by Gasteiger charge is -2.17. The predicted octanol–water partition coefficient (Wildman–Crippen LogP) is 3.33. The Balaban J connectivity index is 1.85. The van der Waals surface area contributed by atoms with Gasteiger partial charge in [0, 0.05) is 6.04 Å². The lowest BCUT2D eigenvalue weighted by Crippen LogP contribution is -2.34. The van der Waals surface area contributed by atoms with E-state index in [0.717, 1.165) is 25.3 Å². The van der Waals surface area contributed by atoms with Crippen LogP contribution in [0.4, 0.5) is 0 Å². The van der Waals surface area contributed by atoms with E-state index >= 15 is 0 Å². The van der Waals surface area contributed by atoms with Gasteiger partial charge in [0.05, 0.1) is 0 Å². The molecule has 0 aromatic heterocycles. The van der Waals surface area contributed by atoms with Crippen LogP contribution in [0.3, 0.4) is 0 Å². The lowest BCUT2D eigenvalue weighted by atomic mass is 10.1. The van der Waals surface area contributed by atoms with Gasteiger partial charge in [-0.1, -0.05) is 19.9 Å². The lowest BCUT2D eigenvalue weighted by molar-refractivity contribution is 0.260. The molecule has 0 bridgehead atoms. The molecule has 2 rings (SSSR count). The molecule has 0 fully saturated rings. The van der Waals surface area contributed by atoms with Gasteiger partial charge < -0.3 is 10.1 Å². The molecule has 1 atom stereocenters. The Kier molecular flexibility index (Phi) is 5.06. The van der Waals surface area contributed by atoms with E-state index in [1.165, 1.54) is 36.8 Å². The minimum Gasteiger partial charge on any atom is -0.492 e. The first-order chi connectivity index (χ1) is 8.83. The first kappa shape index (κ1) is 13.4. The molecule has 1 N–H and O–H groups in total. The second-order valence-corrected chi connectivity index (χ2v) is 5.15. The Morgan fingerprint density at radius 1 is 1.22 bits per heavy atom. The Labute approximate surface area is 111 Å². The number of hydrogen-bond acceptors (Lipinski definition) is 2. The monoisotopic (exact) mass is 247 g/mol. The van der Waals surface area contributed by atoms with E-state index in [-0.39, 0.29) is 0 Å². The average Bonchev–Trinajstić information content (AvgIpc) is 2.86. The van der Waals surface area contributed by atoms with Gasteiger partial charge in [-0.15, -0.1) is 0 Å². The highest BCUT2D eigenvalue weighted by molar-refractivity contribution is 5.38. The fraction of sp³-hybridized carbons (Fsp3) is 0.625. The number of rotatable bonds is 7. The summed E-state index contributed by atoms with van der Waals surface area (Å²) in [5, 5.41) is 3.52. The molecule has 0 amide bonds. The van der Waals surface area contributed by atoms with Crippen molar-refractivity contribution in [3.63, 3.8) is 0 Å². The molecule has 0 heterocycles. The van der Waals surface area contributed by atoms with Gasteiger partial charge in [-0.25, -0.2) is 0 Å². The summed E-state index contributed by atoms with van der Waals surface area (Å²) in [4.78, 5) is 0. The Morgan fingerprint density at radius 3 is 2.83 bits per heavy atom. The van der Waals surface area contributed by atoms with Crippen molar-refractivity contribution >= 4 is 0 Å². The highest BCUT2D eigenvalue weighted by Crippen LogP contribution is 2.26. The van der Waals surface area contributed by atoms with Gasteiger partial charge in [0.1, 0.15) is 12.4 Å². The molecule has 0 saturated carbocycles. The molecule has 0 saturated heterocycles. The van der Waals surface area contributed by atoms with Crippen LogP contribution in [0.2, 0.25) is 0 Å². The van der Waals surface area contributed by atoms with Gasteiger partial charge in [0.15, 0.2) is 0 Å². The summed E-state index contributed by atoms with van der Waals surface area (Å²) in [5.74, 6) is 1.03. The zero-order valence-electron chi connectivity index (χ0n) is 11.7. The molecule has 0 aliphatic heterocycles. The van der Waals surface area contributed by atoms with Crippen LogP contribution in [-0.2, 0) is 12.8 Å². The van der Waals surface area contributed by atoms with Crippen molar-refractivity contribution in [2.45, 2.75) is 52.0 Å². The molecule has 2 nitrogen and oxygen atoms in total. The standard InChI is InChI=1S/C16H25NO/c1-3-10-17-15(4-2)12-18-16-9-8-13-6-5-7-14(13)11-16/h8-9,11,15,17H,3-7,10,12H2,1-2H3. The van der Waals surface area contributed by atoms with Crippen molar-refractivity contribution in [2.24, 2.45) is 0 Å². The smallest absolute Gasteiger partial charge is 0.119 e. The number of fused-ring (bicyclic) bond motifs is 1. The van der Waals surface area contributed by atoms with Crippen molar-refractivity contribution in [2.75, 3.05) is 13.2 Å². The largest absolute Gasteiger partial charge is 0.492 e. The van der Waals surface area contributed by atoms with E-state index < -0.39 is 0 Å². The van der Waals surface area contributed by atoms with Crippen molar-refractivity contribution < 1.29 is 4.74 Å². The summed E-state index contributed by atoms with van der Waals surface area (Å²) in [5.41, 5.74) is 3.00. The summed E-state index contributed by atoms with van der Waals surface area (Å²) in [7, 11) is 0. The number of aryl methyl sites for hydroxylation is 2. The van der Waals surface area contributed by atoms with Crippen LogP contribution in [-0.4, -0.2) is 19.2 Å². The SMILES string of the molecule is CCCNC(CC)COc1ccc2c(c1)CCC2. The van der Waals surface area contributed by atoms with E-state index in [1.54, 1.807) is 0 Å². The molecule has 0 spiro atoms. The van der Waals surface area contributed by atoms with Crippen LogP contribution in [0.5, 0.6) is 5.75 Å². The van der Waals surface area contributed by atoms with Gasteiger partial charge in [-0.2, -0.15) is 0 Å². The van der Waals surface area contributed by atoms with Crippen LogP contribution >= 0.6 is 0 Å². The van der Waals surface area contributed by atoms with E-state index in [4.69, 9.17) is 4.74 Å². The quantitative estimate of drug-likeness (QED) is 0.798. The van der Waals surface area contributed by atoms with Crippen LogP contribution in [0, 0.1) is 0 Å². The molecule has 1 aliphatic carbocycles. The summed E-state index contributed by atoms with van der Waals surface area (Å²) in [6.45, 7) is 6.25. The van der Waals surface area contributed by atoms with Gasteiger partial charge in [-0.05, 0) is 61.9 Å². The van der Waals surface area contributed by atoms with E-state index in [2.05, 4.69) is 37.4 Å². The third-order valence-corrected chi connectivity index (χ3v) is 3.70. The number of benzene rings is 1. The third kappa shape index (κ3) is 3.49. The zero-order chi connectivity index (χ0) is 12.8. The van der Waals surface area contributed by atoms with Crippen molar-refractivity contribution in [3.8, 4) is 5.75 Å². The highest BCUT2D eigenvalue weighted by Gasteiger charge is 2.12. The minimum atomic E-state index is 0.471. The summed E-state index contributed by atoms with van der Waals surface area (Å²) in [6, 6.07) is 7.06. The molecule has 2 heteroatoms. The number of ether oxygens (including phenoxy) is 1. The number of hydrogen-bond donors (Lipinski definition) is 1. The molecule has 18 heavy (non-hydrogen) atoms. The molecule has 100 valence electrons. The van der Waals surface area contributed by atoms with Crippen LogP contribution in [0.15, 0.2) is 18.2 Å². The van der Waals surface area contributed by atoms with E-state index in [0.29, 0.717) is 6.04 Å². The zero-order valence-corrected chi connectivity index (χ0v) is 11.7. The number of nitrogens with one attached hydrogen (secondary N) is 1. The summed E-state index contributed by atoms with van der Waals surface area (Å²) < 4.78 is 5.92. The maximum Gasteiger partial charge on any atom is 0.119 e. The second-order valence-electron chi connectivity index (χ2n) is 5.15. The molecule has 1 aromatic carbocycles. The van der Waals surface area contributed by atoms with Crippen LogP contribution in [0.25, 0.3) is 0 Å². The van der Waals surface area contributed by atoms with Crippen molar-refractivity contribution in [1.29, 1.82) is 0 Å². The van der Waals surface area contributed by atoms with E-state index in [1.807, 2.05) is 0 Å². The first-order valence-corrected chi connectivity index (χ1v) is 7.31. The Bertz CT molecular complexity index is 375.